The first-order valence-electron chi connectivity index (χ1n) is 4.82. The molecule has 78 valence electrons. The maximum Gasteiger partial charge on any atom is 0.229 e. The van der Waals surface area contributed by atoms with Crippen molar-refractivity contribution in [3.05, 3.63) is 0 Å². The number of β-lactam (4-membered cyclic amide) rings is 1. The lowest BCUT2D eigenvalue weighted by atomic mass is 9.87. The highest BCUT2D eigenvalue weighted by atomic mass is 28.3. The molecule has 1 aliphatic heterocycles. The Morgan fingerprint density at radius 3 is 2.43 bits per heavy atom. The van der Waals surface area contributed by atoms with Crippen LogP contribution >= 0.6 is 0 Å². The van der Waals surface area contributed by atoms with Crippen LogP contribution in [0.4, 0.5) is 0 Å². The summed E-state index contributed by atoms with van der Waals surface area (Å²) in [4.78, 5) is 11.1. The molecule has 0 bridgehead atoms. The summed E-state index contributed by atoms with van der Waals surface area (Å²) in [7, 11) is -1.38. The fourth-order valence-electron chi connectivity index (χ4n) is 1.31. The summed E-state index contributed by atoms with van der Waals surface area (Å²) in [6.07, 6.45) is -0.607. The molecular formula is C10H17NO2Si. The Balaban J connectivity index is 2.63. The van der Waals surface area contributed by atoms with Crippen LogP contribution in [0.15, 0.2) is 0 Å². The van der Waals surface area contributed by atoms with Gasteiger partial charge in [0.2, 0.25) is 5.91 Å². The van der Waals surface area contributed by atoms with Crippen LogP contribution < -0.4 is 5.32 Å². The van der Waals surface area contributed by atoms with Gasteiger partial charge in [-0.3, -0.25) is 4.79 Å². The van der Waals surface area contributed by atoms with Crippen molar-refractivity contribution in [2.45, 2.75) is 38.7 Å². The van der Waals surface area contributed by atoms with E-state index in [2.05, 4.69) is 36.4 Å². The minimum Gasteiger partial charge on any atom is -0.392 e. The van der Waals surface area contributed by atoms with Crippen LogP contribution in [0.1, 0.15) is 6.92 Å². The first-order chi connectivity index (χ1) is 6.31. The molecule has 0 radical (unpaired) electrons. The van der Waals surface area contributed by atoms with Crippen molar-refractivity contribution in [2.75, 3.05) is 0 Å². The second kappa shape index (κ2) is 3.75. The average molecular weight is 211 g/mol. The maximum atomic E-state index is 11.1. The van der Waals surface area contributed by atoms with Crippen LogP contribution in [0.25, 0.3) is 0 Å². The number of aliphatic hydroxyl groups is 1. The predicted octanol–water partition coefficient (Wildman–Crippen LogP) is 0.363. The van der Waals surface area contributed by atoms with Crippen LogP contribution in [-0.4, -0.2) is 31.2 Å². The van der Waals surface area contributed by atoms with Gasteiger partial charge in [0, 0.05) is 0 Å². The Morgan fingerprint density at radius 2 is 2.07 bits per heavy atom. The Hall–Kier alpha value is -0.793. The van der Waals surface area contributed by atoms with Crippen molar-refractivity contribution >= 4 is 14.0 Å². The Bertz CT molecular complexity index is 295. The van der Waals surface area contributed by atoms with Gasteiger partial charge in [-0.05, 0) is 6.92 Å². The zero-order valence-corrected chi connectivity index (χ0v) is 10.1. The molecular weight excluding hydrogens is 194 g/mol. The van der Waals surface area contributed by atoms with Gasteiger partial charge in [0.25, 0.3) is 0 Å². The lowest BCUT2D eigenvalue weighted by molar-refractivity contribution is -0.138. The van der Waals surface area contributed by atoms with Crippen molar-refractivity contribution in [3.63, 3.8) is 0 Å². The lowest BCUT2D eigenvalue weighted by Gasteiger charge is -2.35. The lowest BCUT2D eigenvalue weighted by Crippen LogP contribution is -2.61. The van der Waals surface area contributed by atoms with Gasteiger partial charge < -0.3 is 10.4 Å². The highest BCUT2D eigenvalue weighted by Gasteiger charge is 2.41. The normalized spacial score (nSPS) is 28.2. The van der Waals surface area contributed by atoms with Gasteiger partial charge in [0.15, 0.2) is 0 Å². The number of amides is 1. The van der Waals surface area contributed by atoms with Gasteiger partial charge in [0.1, 0.15) is 14.1 Å². The summed E-state index contributed by atoms with van der Waals surface area (Å²) in [5.41, 5.74) is 3.19. The van der Waals surface area contributed by atoms with Crippen molar-refractivity contribution in [2.24, 2.45) is 5.92 Å². The fourth-order valence-corrected chi connectivity index (χ4v) is 1.90. The topological polar surface area (TPSA) is 49.3 Å². The number of aliphatic hydroxyl groups excluding tert-OH is 1. The molecule has 0 spiro atoms. The number of carbonyl (C=O) groups is 1. The van der Waals surface area contributed by atoms with Gasteiger partial charge in [0.05, 0.1) is 12.0 Å². The summed E-state index contributed by atoms with van der Waals surface area (Å²) in [5, 5.41) is 12.0. The summed E-state index contributed by atoms with van der Waals surface area (Å²) < 4.78 is 0. The summed E-state index contributed by atoms with van der Waals surface area (Å²) in [5.74, 6) is 2.62. The van der Waals surface area contributed by atoms with Gasteiger partial charge in [-0.2, -0.15) is 0 Å². The van der Waals surface area contributed by atoms with Crippen LogP contribution in [0.3, 0.4) is 0 Å². The maximum absolute atomic E-state index is 11.1. The summed E-state index contributed by atoms with van der Waals surface area (Å²) >= 11 is 0. The highest BCUT2D eigenvalue weighted by Crippen LogP contribution is 2.18. The van der Waals surface area contributed by atoms with Gasteiger partial charge in [-0.1, -0.05) is 25.6 Å². The standard InChI is InChI=1S/C10H17NO2Si/c1-7(12)9-8(11-10(9)13)5-6-14(2,3)4/h7-9,12H,1-4H3,(H,11,13). The molecule has 2 N–H and O–H groups in total. The predicted molar refractivity (Wildman–Crippen MR) is 58.2 cm³/mol. The second-order valence-corrected chi connectivity index (χ2v) is 9.52. The molecule has 4 heteroatoms. The molecule has 1 heterocycles. The quantitative estimate of drug-likeness (QED) is 0.374. The molecule has 3 atom stereocenters. The van der Waals surface area contributed by atoms with Gasteiger partial charge in [-0.25, -0.2) is 0 Å². The van der Waals surface area contributed by atoms with E-state index in [-0.39, 0.29) is 17.9 Å². The van der Waals surface area contributed by atoms with Gasteiger partial charge >= 0.3 is 0 Å². The monoisotopic (exact) mass is 211 g/mol. The van der Waals surface area contributed by atoms with Crippen LogP contribution in [0, 0.1) is 17.4 Å². The third-order valence-electron chi connectivity index (χ3n) is 2.08. The first-order valence-corrected chi connectivity index (χ1v) is 8.32. The van der Waals surface area contributed by atoms with Crippen LogP contribution in [0.5, 0.6) is 0 Å². The second-order valence-electron chi connectivity index (χ2n) is 4.77. The molecule has 3 nitrogen and oxygen atoms in total. The third kappa shape index (κ3) is 2.60. The summed E-state index contributed by atoms with van der Waals surface area (Å²) in [6.45, 7) is 8.08. The molecule has 0 saturated carbocycles. The Morgan fingerprint density at radius 1 is 1.50 bits per heavy atom. The number of nitrogens with one attached hydrogen (secondary N) is 1. The molecule has 3 unspecified atom stereocenters. The molecule has 0 aromatic heterocycles. The zero-order chi connectivity index (χ0) is 10.9. The molecule has 0 aromatic rings. The van der Waals surface area contributed by atoms with Crippen LogP contribution in [-0.2, 0) is 4.79 Å². The average Bonchev–Trinajstić information content (AvgIpc) is 1.93. The smallest absolute Gasteiger partial charge is 0.229 e. The van der Waals surface area contributed by atoms with Gasteiger partial charge in [-0.15, -0.1) is 5.54 Å². The molecule has 1 fully saturated rings. The van der Waals surface area contributed by atoms with E-state index >= 15 is 0 Å². The minimum atomic E-state index is -1.38. The Labute approximate surface area is 85.9 Å². The molecule has 1 amide bonds. The van der Waals surface area contributed by atoms with E-state index in [1.807, 2.05) is 0 Å². The number of hydrogen-bond donors (Lipinski definition) is 2. The zero-order valence-electron chi connectivity index (χ0n) is 9.09. The molecule has 0 aromatic carbocycles. The van der Waals surface area contributed by atoms with Crippen molar-refractivity contribution < 1.29 is 9.90 Å². The van der Waals surface area contributed by atoms with E-state index in [0.717, 1.165) is 0 Å². The number of rotatable bonds is 1. The molecule has 0 aliphatic carbocycles. The first kappa shape index (κ1) is 11.3. The fraction of sp³-hybridized carbons (Fsp3) is 0.700. The number of carbonyl (C=O) groups excluding carboxylic acids is 1. The van der Waals surface area contributed by atoms with Crippen molar-refractivity contribution in [1.82, 2.24) is 5.32 Å². The van der Waals surface area contributed by atoms with Crippen molar-refractivity contribution in [1.29, 1.82) is 0 Å². The molecule has 14 heavy (non-hydrogen) atoms. The molecule has 1 aliphatic rings. The number of hydrogen-bond acceptors (Lipinski definition) is 2. The van der Waals surface area contributed by atoms with E-state index in [4.69, 9.17) is 0 Å². The van der Waals surface area contributed by atoms with E-state index in [9.17, 15) is 9.90 Å². The van der Waals surface area contributed by atoms with E-state index in [1.165, 1.54) is 0 Å². The molecule has 1 rings (SSSR count). The van der Waals surface area contributed by atoms with E-state index < -0.39 is 14.2 Å². The largest absolute Gasteiger partial charge is 0.392 e. The van der Waals surface area contributed by atoms with Crippen LogP contribution in [0.2, 0.25) is 19.6 Å². The van der Waals surface area contributed by atoms with E-state index in [0.29, 0.717) is 0 Å². The summed E-state index contributed by atoms with van der Waals surface area (Å²) in [6, 6.07) is -0.144. The molecule has 1 saturated heterocycles. The minimum absolute atomic E-state index is 0.0881. The highest BCUT2D eigenvalue weighted by molar-refractivity contribution is 6.83. The third-order valence-corrected chi connectivity index (χ3v) is 2.98. The van der Waals surface area contributed by atoms with Crippen molar-refractivity contribution in [3.8, 4) is 11.5 Å². The Kier molecular flexibility index (Phi) is 3.03. The van der Waals surface area contributed by atoms with E-state index in [1.54, 1.807) is 6.92 Å². The SMILES string of the molecule is CC(O)C1C(=O)NC1C#C[Si](C)(C)C.